The van der Waals surface area contributed by atoms with Gasteiger partial charge in [0.15, 0.2) is 0 Å². The van der Waals surface area contributed by atoms with Gasteiger partial charge in [0.05, 0.1) is 16.3 Å². The SMILES string of the molecule is CCCC(C)c1ccc2c(=O)c3cc(C(=O)O)ccc3oc2c1. The van der Waals surface area contributed by atoms with Gasteiger partial charge in [0.1, 0.15) is 11.2 Å². The van der Waals surface area contributed by atoms with Crippen molar-refractivity contribution in [2.75, 3.05) is 0 Å². The van der Waals surface area contributed by atoms with Crippen LogP contribution in [0.5, 0.6) is 0 Å². The van der Waals surface area contributed by atoms with E-state index in [1.54, 1.807) is 12.1 Å². The van der Waals surface area contributed by atoms with Gasteiger partial charge in [-0.15, -0.1) is 0 Å². The number of hydrogen-bond acceptors (Lipinski definition) is 3. The lowest BCUT2D eigenvalue weighted by molar-refractivity contribution is 0.0697. The van der Waals surface area contributed by atoms with Crippen LogP contribution in [0.1, 0.15) is 48.5 Å². The summed E-state index contributed by atoms with van der Waals surface area (Å²) in [6.45, 7) is 4.30. The van der Waals surface area contributed by atoms with Crippen LogP contribution in [-0.4, -0.2) is 11.1 Å². The molecule has 1 N–H and O–H groups in total. The highest BCUT2D eigenvalue weighted by atomic mass is 16.4. The molecule has 118 valence electrons. The third-order valence-corrected chi connectivity index (χ3v) is 4.23. The fourth-order valence-electron chi connectivity index (χ4n) is 2.91. The number of fused-ring (bicyclic) bond motifs is 2. The molecule has 4 heteroatoms. The van der Waals surface area contributed by atoms with Crippen molar-refractivity contribution in [3.8, 4) is 0 Å². The molecule has 0 amide bonds. The first kappa shape index (κ1) is 15.3. The van der Waals surface area contributed by atoms with Gasteiger partial charge in [-0.2, -0.15) is 0 Å². The summed E-state index contributed by atoms with van der Waals surface area (Å²) in [5, 5.41) is 9.84. The van der Waals surface area contributed by atoms with E-state index in [-0.39, 0.29) is 11.0 Å². The maximum Gasteiger partial charge on any atom is 0.335 e. The summed E-state index contributed by atoms with van der Waals surface area (Å²) in [5.41, 5.74) is 1.99. The smallest absolute Gasteiger partial charge is 0.335 e. The number of carbonyl (C=O) groups is 1. The largest absolute Gasteiger partial charge is 0.478 e. The number of carboxylic acids is 1. The molecule has 2 aromatic carbocycles. The van der Waals surface area contributed by atoms with Crippen molar-refractivity contribution >= 4 is 27.9 Å². The van der Waals surface area contributed by atoms with Gasteiger partial charge in [0.2, 0.25) is 5.43 Å². The molecule has 1 aromatic heterocycles. The van der Waals surface area contributed by atoms with E-state index in [1.807, 2.05) is 12.1 Å². The molecule has 0 spiro atoms. The molecule has 0 aliphatic carbocycles. The Morgan fingerprint density at radius 1 is 1.13 bits per heavy atom. The first-order valence-electron chi connectivity index (χ1n) is 7.75. The second-order valence-corrected chi connectivity index (χ2v) is 5.89. The van der Waals surface area contributed by atoms with Gasteiger partial charge in [-0.25, -0.2) is 4.79 Å². The minimum Gasteiger partial charge on any atom is -0.478 e. The summed E-state index contributed by atoms with van der Waals surface area (Å²) in [4.78, 5) is 23.7. The van der Waals surface area contributed by atoms with Crippen LogP contribution < -0.4 is 5.43 Å². The van der Waals surface area contributed by atoms with E-state index >= 15 is 0 Å². The van der Waals surface area contributed by atoms with Crippen molar-refractivity contribution in [1.82, 2.24) is 0 Å². The molecule has 1 heterocycles. The zero-order valence-corrected chi connectivity index (χ0v) is 13.1. The number of benzene rings is 2. The van der Waals surface area contributed by atoms with Crippen LogP contribution in [0, 0.1) is 0 Å². The highest BCUT2D eigenvalue weighted by Gasteiger charge is 2.13. The highest BCUT2D eigenvalue weighted by Crippen LogP contribution is 2.26. The number of hydrogen-bond donors (Lipinski definition) is 1. The monoisotopic (exact) mass is 310 g/mol. The minimum absolute atomic E-state index is 0.0809. The fourth-order valence-corrected chi connectivity index (χ4v) is 2.91. The Labute approximate surface area is 133 Å². The van der Waals surface area contributed by atoms with E-state index in [0.29, 0.717) is 27.9 Å². The minimum atomic E-state index is -1.06. The highest BCUT2D eigenvalue weighted by molar-refractivity contribution is 5.96. The topological polar surface area (TPSA) is 67.5 Å². The van der Waals surface area contributed by atoms with Crippen molar-refractivity contribution in [1.29, 1.82) is 0 Å². The molecular weight excluding hydrogens is 292 g/mol. The van der Waals surface area contributed by atoms with Crippen LogP contribution in [0.25, 0.3) is 21.9 Å². The molecule has 0 fully saturated rings. The van der Waals surface area contributed by atoms with E-state index in [4.69, 9.17) is 9.52 Å². The van der Waals surface area contributed by atoms with Crippen LogP contribution in [0.3, 0.4) is 0 Å². The maximum absolute atomic E-state index is 12.6. The lowest BCUT2D eigenvalue weighted by atomic mass is 9.95. The summed E-state index contributed by atoms with van der Waals surface area (Å²) in [5.74, 6) is -0.657. The van der Waals surface area contributed by atoms with Gasteiger partial charge < -0.3 is 9.52 Å². The lowest BCUT2D eigenvalue weighted by Crippen LogP contribution is -2.05. The molecule has 23 heavy (non-hydrogen) atoms. The summed E-state index contributed by atoms with van der Waals surface area (Å²) in [6.07, 6.45) is 2.17. The molecule has 0 radical (unpaired) electrons. The third-order valence-electron chi connectivity index (χ3n) is 4.23. The van der Waals surface area contributed by atoms with Gasteiger partial charge in [-0.1, -0.05) is 26.3 Å². The Hall–Kier alpha value is -2.62. The van der Waals surface area contributed by atoms with E-state index < -0.39 is 5.97 Å². The standard InChI is InChI=1S/C19H18O4/c1-3-4-11(2)12-5-7-14-17(10-12)23-16-8-6-13(19(21)22)9-15(16)18(14)20/h5-11H,3-4H2,1-2H3,(H,21,22). The van der Waals surface area contributed by atoms with E-state index in [2.05, 4.69) is 13.8 Å². The summed E-state index contributed by atoms with van der Waals surface area (Å²) in [7, 11) is 0. The molecule has 0 aliphatic rings. The molecule has 0 saturated carbocycles. The van der Waals surface area contributed by atoms with Crippen molar-refractivity contribution in [3.63, 3.8) is 0 Å². The third kappa shape index (κ3) is 2.72. The fraction of sp³-hybridized carbons (Fsp3) is 0.263. The first-order valence-corrected chi connectivity index (χ1v) is 7.75. The second kappa shape index (κ2) is 5.88. The molecule has 1 unspecified atom stereocenters. The van der Waals surface area contributed by atoms with Gasteiger partial charge in [-0.05, 0) is 48.2 Å². The van der Waals surface area contributed by atoms with Crippen LogP contribution in [0.4, 0.5) is 0 Å². The molecule has 0 aliphatic heterocycles. The van der Waals surface area contributed by atoms with Gasteiger partial charge in [-0.3, -0.25) is 4.79 Å². The first-order chi connectivity index (χ1) is 11.0. The van der Waals surface area contributed by atoms with Crippen molar-refractivity contribution in [3.05, 3.63) is 57.7 Å². The Kier molecular flexibility index (Phi) is 3.90. The average molecular weight is 310 g/mol. The van der Waals surface area contributed by atoms with Gasteiger partial charge >= 0.3 is 5.97 Å². The van der Waals surface area contributed by atoms with Crippen molar-refractivity contribution in [2.45, 2.75) is 32.6 Å². The summed E-state index contributed by atoms with van der Waals surface area (Å²) >= 11 is 0. The zero-order valence-electron chi connectivity index (χ0n) is 13.1. The van der Waals surface area contributed by atoms with E-state index in [0.717, 1.165) is 18.4 Å². The predicted octanol–water partition coefficient (Wildman–Crippen LogP) is 4.55. The number of aromatic carboxylic acids is 1. The van der Waals surface area contributed by atoms with Gasteiger partial charge in [0, 0.05) is 0 Å². The van der Waals surface area contributed by atoms with Gasteiger partial charge in [0.25, 0.3) is 0 Å². The van der Waals surface area contributed by atoms with E-state index in [1.165, 1.54) is 12.1 Å². The maximum atomic E-state index is 12.6. The Balaban J connectivity index is 2.23. The van der Waals surface area contributed by atoms with E-state index in [9.17, 15) is 9.59 Å². The normalized spacial score (nSPS) is 12.6. The lowest BCUT2D eigenvalue weighted by Gasteiger charge is -2.11. The second-order valence-electron chi connectivity index (χ2n) is 5.89. The Bertz CT molecular complexity index is 953. The quantitative estimate of drug-likeness (QED) is 0.718. The Morgan fingerprint density at radius 2 is 1.91 bits per heavy atom. The number of rotatable bonds is 4. The van der Waals surface area contributed by atoms with Crippen molar-refractivity contribution < 1.29 is 14.3 Å². The molecule has 0 bridgehead atoms. The molecule has 0 saturated heterocycles. The predicted molar refractivity (Wildman–Crippen MR) is 90.3 cm³/mol. The van der Waals surface area contributed by atoms with Crippen LogP contribution in [0.2, 0.25) is 0 Å². The zero-order chi connectivity index (χ0) is 16.6. The summed E-state index contributed by atoms with van der Waals surface area (Å²) in [6, 6.07) is 10.0. The van der Waals surface area contributed by atoms with Crippen LogP contribution in [-0.2, 0) is 0 Å². The molecule has 1 atom stereocenters. The Morgan fingerprint density at radius 3 is 2.61 bits per heavy atom. The number of carboxylic acid groups (broad SMARTS) is 1. The molecule has 4 nitrogen and oxygen atoms in total. The van der Waals surface area contributed by atoms with Crippen molar-refractivity contribution in [2.24, 2.45) is 0 Å². The van der Waals surface area contributed by atoms with Crippen LogP contribution >= 0.6 is 0 Å². The average Bonchev–Trinajstić information content (AvgIpc) is 2.54. The summed E-state index contributed by atoms with van der Waals surface area (Å²) < 4.78 is 5.84. The van der Waals surface area contributed by atoms with Crippen LogP contribution in [0.15, 0.2) is 45.6 Å². The molecule has 3 rings (SSSR count). The molecular formula is C19H18O4. The molecule has 3 aromatic rings.